The van der Waals surface area contributed by atoms with Gasteiger partial charge in [-0.25, -0.2) is 0 Å². The number of nitrogens with one attached hydrogen (secondary N) is 1. The average molecular weight is 364 g/mol. The topological polar surface area (TPSA) is 38.3 Å². The van der Waals surface area contributed by atoms with Gasteiger partial charge >= 0.3 is 0 Å². The van der Waals surface area contributed by atoms with Crippen LogP contribution in [-0.2, 0) is 13.0 Å². The Balaban J connectivity index is 1.78. The molecule has 0 amide bonds. The molecule has 0 saturated heterocycles. The van der Waals surface area contributed by atoms with Gasteiger partial charge in [0.05, 0.1) is 0 Å². The molecule has 0 bridgehead atoms. The van der Waals surface area contributed by atoms with Crippen molar-refractivity contribution >= 4 is 5.69 Å². The van der Waals surface area contributed by atoms with Crippen molar-refractivity contribution in [1.82, 2.24) is 5.32 Å². The highest BCUT2D eigenvalue weighted by molar-refractivity contribution is 5.54. The van der Waals surface area contributed by atoms with Crippen LogP contribution in [0.3, 0.4) is 0 Å². The fourth-order valence-corrected chi connectivity index (χ4v) is 4.93. The molecular weight excluding hydrogens is 332 g/mol. The molecular formula is C24H31N2O-. The molecule has 2 aliphatic rings. The quantitative estimate of drug-likeness (QED) is 0.716. The molecule has 2 aromatic rings. The van der Waals surface area contributed by atoms with Crippen LogP contribution in [0.2, 0.25) is 0 Å². The van der Waals surface area contributed by atoms with Gasteiger partial charge in [0.2, 0.25) is 0 Å². The van der Waals surface area contributed by atoms with Crippen molar-refractivity contribution in [3.8, 4) is 0 Å². The number of fused-ring (bicyclic) bond motifs is 1. The summed E-state index contributed by atoms with van der Waals surface area (Å²) < 4.78 is 0. The monoisotopic (exact) mass is 363 g/mol. The first-order chi connectivity index (χ1) is 13.2. The molecule has 144 valence electrons. The minimum atomic E-state index is 0.325. The Morgan fingerprint density at radius 2 is 1.85 bits per heavy atom. The maximum Gasteiger partial charge on any atom is 0.0262 e. The molecule has 1 fully saturated rings. The molecule has 1 N–H and O–H groups in total. The maximum absolute atomic E-state index is 12.1. The van der Waals surface area contributed by atoms with Crippen LogP contribution in [0.4, 0.5) is 5.69 Å². The van der Waals surface area contributed by atoms with E-state index >= 15 is 0 Å². The number of nitrogens with zero attached hydrogens (tertiary/aromatic N) is 1. The van der Waals surface area contributed by atoms with E-state index < -0.39 is 0 Å². The van der Waals surface area contributed by atoms with Gasteiger partial charge in [-0.2, -0.15) is 0 Å². The van der Waals surface area contributed by atoms with Crippen LogP contribution >= 0.6 is 0 Å². The lowest BCUT2D eigenvalue weighted by Gasteiger charge is -2.33. The molecule has 3 nitrogen and oxygen atoms in total. The number of hydrogen-bond acceptors (Lipinski definition) is 3. The van der Waals surface area contributed by atoms with Crippen molar-refractivity contribution in [1.29, 1.82) is 0 Å². The summed E-state index contributed by atoms with van der Waals surface area (Å²) in [6, 6.07) is 13.1. The van der Waals surface area contributed by atoms with Gasteiger partial charge in [-0.3, -0.25) is 0 Å². The highest BCUT2D eigenvalue weighted by atomic mass is 16.5. The molecule has 27 heavy (non-hydrogen) atoms. The summed E-state index contributed by atoms with van der Waals surface area (Å²) in [5.41, 5.74) is 8.08. The van der Waals surface area contributed by atoms with Gasteiger partial charge in [-0.15, -0.1) is 0 Å². The van der Waals surface area contributed by atoms with Gasteiger partial charge in [0.1, 0.15) is 0 Å². The van der Waals surface area contributed by atoms with E-state index in [1.54, 1.807) is 5.56 Å². The molecule has 1 unspecified atom stereocenters. The molecule has 0 radical (unpaired) electrons. The predicted octanol–water partition coefficient (Wildman–Crippen LogP) is 5.47. The van der Waals surface area contributed by atoms with E-state index in [1.807, 2.05) is 19.1 Å². The summed E-state index contributed by atoms with van der Waals surface area (Å²) in [5.74, 6) is 1.06. The predicted molar refractivity (Wildman–Crippen MR) is 113 cm³/mol. The van der Waals surface area contributed by atoms with E-state index in [9.17, 15) is 5.21 Å². The van der Waals surface area contributed by atoms with Gasteiger partial charge < -0.3 is 15.6 Å². The molecule has 1 saturated carbocycles. The fraction of sp³-hybridized carbons (Fsp3) is 0.500. The lowest BCUT2D eigenvalue weighted by molar-refractivity contribution is 0.576. The standard InChI is InChI=1S/C24H31N2O/c1-3-17-12-21(18-8-5-6-9-18)24-16-25-15-23(22(24)13-17)19-10-7-11-20(14-19)26(27)4-2/h7,10-14,18,23,25H,3-6,8-9,15-16H2,1-2H3/q-1. The minimum absolute atomic E-state index is 0.325. The molecule has 3 heteroatoms. The highest BCUT2D eigenvalue weighted by Crippen LogP contribution is 2.41. The number of anilines is 1. The van der Waals surface area contributed by atoms with Gasteiger partial charge in [0.25, 0.3) is 0 Å². The Morgan fingerprint density at radius 3 is 2.59 bits per heavy atom. The summed E-state index contributed by atoms with van der Waals surface area (Å²) in [6.45, 7) is 6.56. The van der Waals surface area contributed by atoms with Crippen molar-refractivity contribution in [2.24, 2.45) is 0 Å². The molecule has 1 atom stereocenters. The van der Waals surface area contributed by atoms with Gasteiger partial charge in [-0.1, -0.05) is 44.0 Å². The van der Waals surface area contributed by atoms with Crippen molar-refractivity contribution in [2.45, 2.75) is 64.3 Å². The molecule has 2 aromatic carbocycles. The smallest absolute Gasteiger partial charge is 0.0262 e. The largest absolute Gasteiger partial charge is 0.758 e. The van der Waals surface area contributed by atoms with Crippen LogP contribution < -0.4 is 10.4 Å². The number of rotatable bonds is 5. The van der Waals surface area contributed by atoms with Crippen LogP contribution in [0.5, 0.6) is 0 Å². The Labute approximate surface area is 163 Å². The summed E-state index contributed by atoms with van der Waals surface area (Å²) in [5, 5.41) is 16.9. The number of hydroxylamine groups is 1. The summed E-state index contributed by atoms with van der Waals surface area (Å²) in [4.78, 5) is 0. The number of benzene rings is 2. The van der Waals surface area contributed by atoms with E-state index in [0.29, 0.717) is 12.5 Å². The zero-order valence-corrected chi connectivity index (χ0v) is 16.6. The van der Waals surface area contributed by atoms with Crippen molar-refractivity contribution in [2.75, 3.05) is 18.2 Å². The second-order valence-electron chi connectivity index (χ2n) is 8.06. The number of aryl methyl sites for hydroxylation is 1. The van der Waals surface area contributed by atoms with Crippen LogP contribution in [-0.4, -0.2) is 13.1 Å². The van der Waals surface area contributed by atoms with Crippen LogP contribution in [0.15, 0.2) is 36.4 Å². The SMILES string of the molecule is CCc1cc(C2CCCC2)c2c(c1)C(c1cccc(N([O-])CC)c1)CNC2. The summed E-state index contributed by atoms with van der Waals surface area (Å²) in [6.07, 6.45) is 6.48. The van der Waals surface area contributed by atoms with Crippen LogP contribution in [0, 0.1) is 5.21 Å². The van der Waals surface area contributed by atoms with Gasteiger partial charge in [0.15, 0.2) is 0 Å². The Kier molecular flexibility index (Phi) is 5.51. The Morgan fingerprint density at radius 1 is 1.07 bits per heavy atom. The first kappa shape index (κ1) is 18.5. The summed E-state index contributed by atoms with van der Waals surface area (Å²) >= 11 is 0. The van der Waals surface area contributed by atoms with E-state index in [-0.39, 0.29) is 0 Å². The molecule has 1 aliphatic heterocycles. The van der Waals surface area contributed by atoms with E-state index in [0.717, 1.165) is 36.2 Å². The van der Waals surface area contributed by atoms with Crippen molar-refractivity contribution in [3.05, 3.63) is 69.4 Å². The third-order valence-corrected chi connectivity index (χ3v) is 6.46. The molecule has 1 aliphatic carbocycles. The summed E-state index contributed by atoms with van der Waals surface area (Å²) in [7, 11) is 0. The molecule has 0 aromatic heterocycles. The number of hydrogen-bond donors (Lipinski definition) is 1. The first-order valence-electron chi connectivity index (χ1n) is 10.6. The van der Waals surface area contributed by atoms with Crippen LogP contribution in [0.25, 0.3) is 0 Å². The lowest BCUT2D eigenvalue weighted by Crippen LogP contribution is -2.30. The maximum atomic E-state index is 12.1. The second-order valence-corrected chi connectivity index (χ2v) is 8.06. The third kappa shape index (κ3) is 3.63. The van der Waals surface area contributed by atoms with E-state index in [2.05, 4.69) is 36.5 Å². The Bertz CT molecular complexity index is 795. The molecule has 4 rings (SSSR count). The third-order valence-electron chi connectivity index (χ3n) is 6.46. The van der Waals surface area contributed by atoms with Crippen LogP contribution in [0.1, 0.15) is 79.2 Å². The zero-order chi connectivity index (χ0) is 18.8. The van der Waals surface area contributed by atoms with E-state index in [4.69, 9.17) is 0 Å². The normalized spacial score (nSPS) is 19.9. The zero-order valence-electron chi connectivity index (χ0n) is 16.6. The van der Waals surface area contributed by atoms with Gasteiger partial charge in [0, 0.05) is 31.2 Å². The average Bonchev–Trinajstić information content (AvgIpc) is 3.26. The Hall–Kier alpha value is -1.84. The van der Waals surface area contributed by atoms with E-state index in [1.165, 1.54) is 47.9 Å². The van der Waals surface area contributed by atoms with Gasteiger partial charge in [-0.05, 0) is 72.1 Å². The highest BCUT2D eigenvalue weighted by Gasteiger charge is 2.28. The lowest BCUT2D eigenvalue weighted by atomic mass is 9.79. The fourth-order valence-electron chi connectivity index (χ4n) is 4.93. The minimum Gasteiger partial charge on any atom is -0.758 e. The van der Waals surface area contributed by atoms with Crippen molar-refractivity contribution in [3.63, 3.8) is 0 Å². The molecule has 1 heterocycles. The second kappa shape index (κ2) is 8.04. The van der Waals surface area contributed by atoms with Crippen molar-refractivity contribution < 1.29 is 0 Å². The first-order valence-corrected chi connectivity index (χ1v) is 10.6. The molecule has 0 spiro atoms.